The summed E-state index contributed by atoms with van der Waals surface area (Å²) in [6, 6.07) is -1.42. The van der Waals surface area contributed by atoms with Crippen LogP contribution < -0.4 is 5.32 Å². The molecule has 0 saturated carbocycles. The van der Waals surface area contributed by atoms with E-state index in [1.54, 1.807) is 13.2 Å². The van der Waals surface area contributed by atoms with Gasteiger partial charge in [-0.05, 0) is 12.3 Å². The smallest absolute Gasteiger partial charge is 0.326 e. The zero-order chi connectivity index (χ0) is 16.2. The van der Waals surface area contributed by atoms with Crippen LogP contribution in [0.4, 0.5) is 4.79 Å². The summed E-state index contributed by atoms with van der Waals surface area (Å²) in [6.07, 6.45) is 3.19. The fraction of sp³-hybridized carbons (Fsp3) is 0.643. The zero-order valence-corrected chi connectivity index (χ0v) is 13.2. The second kappa shape index (κ2) is 6.60. The molecule has 0 radical (unpaired) electrons. The lowest BCUT2D eigenvalue weighted by Gasteiger charge is -2.35. The number of carbonyl (C=O) groups excluding carboxylic acids is 1. The van der Waals surface area contributed by atoms with Crippen LogP contribution in [-0.4, -0.2) is 51.1 Å². The molecule has 0 saturated heterocycles. The third kappa shape index (κ3) is 4.77. The lowest BCUT2D eigenvalue weighted by Crippen LogP contribution is -2.52. The van der Waals surface area contributed by atoms with Gasteiger partial charge < -0.3 is 20.3 Å². The minimum absolute atomic E-state index is 0.0286. The Bertz CT molecular complexity index is 479. The molecule has 1 aromatic rings. The Morgan fingerprint density at radius 2 is 2.10 bits per heavy atom. The van der Waals surface area contributed by atoms with Gasteiger partial charge >= 0.3 is 12.0 Å². The molecule has 0 aliphatic rings. The summed E-state index contributed by atoms with van der Waals surface area (Å²) >= 11 is 0. The molecule has 1 rings (SSSR count). The molecule has 1 heterocycles. The summed E-state index contributed by atoms with van der Waals surface area (Å²) < 4.78 is 0. The van der Waals surface area contributed by atoms with Crippen molar-refractivity contribution in [2.24, 2.45) is 5.41 Å². The molecule has 1 aromatic heterocycles. The van der Waals surface area contributed by atoms with E-state index in [9.17, 15) is 14.7 Å². The van der Waals surface area contributed by atoms with Crippen LogP contribution in [0.3, 0.4) is 0 Å². The number of urea groups is 1. The van der Waals surface area contributed by atoms with Gasteiger partial charge in [0.2, 0.25) is 0 Å². The van der Waals surface area contributed by atoms with Gasteiger partial charge in [-0.3, -0.25) is 0 Å². The van der Waals surface area contributed by atoms with E-state index < -0.39 is 18.0 Å². The molecule has 0 spiro atoms. The van der Waals surface area contributed by atoms with Crippen molar-refractivity contribution >= 4 is 12.0 Å². The van der Waals surface area contributed by atoms with Gasteiger partial charge in [0.15, 0.2) is 0 Å². The zero-order valence-electron chi connectivity index (χ0n) is 13.2. The van der Waals surface area contributed by atoms with E-state index in [1.807, 2.05) is 27.7 Å². The Labute approximate surface area is 124 Å². The van der Waals surface area contributed by atoms with Gasteiger partial charge in [0.1, 0.15) is 6.04 Å². The molecule has 3 N–H and O–H groups in total. The summed E-state index contributed by atoms with van der Waals surface area (Å²) in [5.74, 6) is -1.07. The standard InChI is InChI=1S/C14H24N4O3/c1-9(14(2,3)4)18(5)13(21)17-11(12(19)20)6-10-7-15-8-16-10/h7-9,11H,6H2,1-5H3,(H,15,16)(H,17,21)(H,19,20). The Kier molecular flexibility index (Phi) is 5.34. The molecule has 0 aromatic carbocycles. The maximum atomic E-state index is 12.2. The third-order valence-corrected chi connectivity index (χ3v) is 3.73. The number of nitrogens with zero attached hydrogens (tertiary/aromatic N) is 2. The first-order valence-electron chi connectivity index (χ1n) is 6.86. The lowest BCUT2D eigenvalue weighted by atomic mass is 9.87. The fourth-order valence-electron chi connectivity index (χ4n) is 1.82. The topological polar surface area (TPSA) is 98.3 Å². The summed E-state index contributed by atoms with van der Waals surface area (Å²) in [4.78, 5) is 31.7. The van der Waals surface area contributed by atoms with E-state index in [0.29, 0.717) is 5.69 Å². The van der Waals surface area contributed by atoms with Crippen LogP contribution in [0.1, 0.15) is 33.4 Å². The van der Waals surface area contributed by atoms with E-state index in [4.69, 9.17) is 0 Å². The molecule has 7 heteroatoms. The fourth-order valence-corrected chi connectivity index (χ4v) is 1.82. The van der Waals surface area contributed by atoms with Crippen molar-refractivity contribution in [1.29, 1.82) is 0 Å². The average molecular weight is 296 g/mol. The van der Waals surface area contributed by atoms with Crippen molar-refractivity contribution in [3.05, 3.63) is 18.2 Å². The third-order valence-electron chi connectivity index (χ3n) is 3.73. The average Bonchev–Trinajstić information content (AvgIpc) is 2.87. The molecule has 2 amide bonds. The van der Waals surface area contributed by atoms with Crippen LogP contribution in [0.25, 0.3) is 0 Å². The first-order chi connectivity index (χ1) is 9.62. The van der Waals surface area contributed by atoms with Crippen molar-refractivity contribution < 1.29 is 14.7 Å². The second-order valence-corrected chi connectivity index (χ2v) is 6.27. The Hall–Kier alpha value is -2.05. The number of carboxylic acid groups (broad SMARTS) is 1. The number of hydrogen-bond acceptors (Lipinski definition) is 3. The van der Waals surface area contributed by atoms with E-state index in [1.165, 1.54) is 11.2 Å². The quantitative estimate of drug-likeness (QED) is 0.766. The number of H-pyrrole nitrogens is 1. The minimum atomic E-state index is -1.07. The predicted octanol–water partition coefficient (Wildman–Crippen LogP) is 1.48. The number of rotatable bonds is 5. The van der Waals surface area contributed by atoms with Gasteiger partial charge in [-0.2, -0.15) is 0 Å². The molecular weight excluding hydrogens is 272 g/mol. The molecule has 21 heavy (non-hydrogen) atoms. The summed E-state index contributed by atoms with van der Waals surface area (Å²) in [7, 11) is 1.67. The van der Waals surface area contributed by atoms with Crippen LogP contribution in [0.15, 0.2) is 12.5 Å². The number of nitrogens with one attached hydrogen (secondary N) is 2. The normalized spacial score (nSPS) is 14.3. The largest absolute Gasteiger partial charge is 0.480 e. The Balaban J connectivity index is 2.71. The van der Waals surface area contributed by atoms with Crippen molar-refractivity contribution in [3.63, 3.8) is 0 Å². The maximum Gasteiger partial charge on any atom is 0.326 e. The predicted molar refractivity (Wildman–Crippen MR) is 78.9 cm³/mol. The van der Waals surface area contributed by atoms with Crippen LogP contribution in [0.5, 0.6) is 0 Å². The number of aromatic nitrogens is 2. The number of carboxylic acids is 1. The van der Waals surface area contributed by atoms with E-state index in [0.717, 1.165) is 0 Å². The van der Waals surface area contributed by atoms with Crippen LogP contribution in [0, 0.1) is 5.41 Å². The molecule has 118 valence electrons. The van der Waals surface area contributed by atoms with Crippen molar-refractivity contribution in [1.82, 2.24) is 20.2 Å². The number of carbonyl (C=O) groups is 2. The number of aliphatic carboxylic acids is 1. The monoisotopic (exact) mass is 296 g/mol. The van der Waals surface area contributed by atoms with E-state index >= 15 is 0 Å². The van der Waals surface area contributed by atoms with Crippen LogP contribution in [0.2, 0.25) is 0 Å². The van der Waals surface area contributed by atoms with E-state index in [2.05, 4.69) is 15.3 Å². The van der Waals surface area contributed by atoms with Gasteiger partial charge in [0, 0.05) is 31.4 Å². The first-order valence-corrected chi connectivity index (χ1v) is 6.86. The Morgan fingerprint density at radius 3 is 2.52 bits per heavy atom. The Morgan fingerprint density at radius 1 is 1.48 bits per heavy atom. The van der Waals surface area contributed by atoms with Gasteiger partial charge in [0.25, 0.3) is 0 Å². The molecule has 0 bridgehead atoms. The highest BCUT2D eigenvalue weighted by Gasteiger charge is 2.29. The highest BCUT2D eigenvalue weighted by atomic mass is 16.4. The number of hydrogen-bond donors (Lipinski definition) is 3. The van der Waals surface area contributed by atoms with Gasteiger partial charge in [-0.25, -0.2) is 14.6 Å². The first kappa shape index (κ1) is 17.0. The summed E-state index contributed by atoms with van der Waals surface area (Å²) in [6.45, 7) is 8.02. The van der Waals surface area contributed by atoms with E-state index in [-0.39, 0.29) is 17.9 Å². The van der Waals surface area contributed by atoms with Crippen LogP contribution in [-0.2, 0) is 11.2 Å². The molecule has 7 nitrogen and oxygen atoms in total. The number of aromatic amines is 1. The minimum Gasteiger partial charge on any atom is -0.480 e. The molecule has 2 unspecified atom stereocenters. The molecule has 0 aliphatic carbocycles. The van der Waals surface area contributed by atoms with Gasteiger partial charge in [-0.15, -0.1) is 0 Å². The second-order valence-electron chi connectivity index (χ2n) is 6.27. The van der Waals surface area contributed by atoms with Crippen molar-refractivity contribution in [3.8, 4) is 0 Å². The maximum absolute atomic E-state index is 12.2. The van der Waals surface area contributed by atoms with Crippen molar-refractivity contribution in [2.45, 2.75) is 46.2 Å². The van der Waals surface area contributed by atoms with Gasteiger partial charge in [0.05, 0.1) is 6.33 Å². The highest BCUT2D eigenvalue weighted by molar-refractivity contribution is 5.82. The molecular formula is C14H24N4O3. The van der Waals surface area contributed by atoms with Crippen LogP contribution >= 0.6 is 0 Å². The lowest BCUT2D eigenvalue weighted by molar-refractivity contribution is -0.139. The van der Waals surface area contributed by atoms with Gasteiger partial charge in [-0.1, -0.05) is 20.8 Å². The molecule has 2 atom stereocenters. The number of imidazole rings is 1. The summed E-state index contributed by atoms with van der Waals surface area (Å²) in [5.41, 5.74) is 0.572. The molecule has 0 aliphatic heterocycles. The summed E-state index contributed by atoms with van der Waals surface area (Å²) in [5, 5.41) is 11.8. The molecule has 0 fully saturated rings. The van der Waals surface area contributed by atoms with Crippen molar-refractivity contribution in [2.75, 3.05) is 7.05 Å². The highest BCUT2D eigenvalue weighted by Crippen LogP contribution is 2.22. The number of amides is 2. The SMILES string of the molecule is CC(N(C)C(=O)NC(Cc1cnc[nH]1)C(=O)O)C(C)(C)C.